The van der Waals surface area contributed by atoms with E-state index in [1.54, 1.807) is 0 Å². The lowest BCUT2D eigenvalue weighted by Crippen LogP contribution is -2.46. The van der Waals surface area contributed by atoms with E-state index >= 15 is 0 Å². The van der Waals surface area contributed by atoms with Gasteiger partial charge in [-0.05, 0) is 6.42 Å². The van der Waals surface area contributed by atoms with Gasteiger partial charge in [0.05, 0.1) is 19.1 Å². The van der Waals surface area contributed by atoms with Crippen molar-refractivity contribution >= 4 is 11.9 Å². The molecule has 0 aromatic carbocycles. The number of aliphatic hydroxyl groups is 1. The van der Waals surface area contributed by atoms with Crippen LogP contribution < -0.4 is 5.73 Å². The Bertz CT molecular complexity index is 233. The maximum Gasteiger partial charge on any atom is 0.305 e. The van der Waals surface area contributed by atoms with Gasteiger partial charge in [0.1, 0.15) is 0 Å². The molecule has 0 fully saturated rings. The van der Waals surface area contributed by atoms with E-state index < -0.39 is 17.9 Å². The Hall–Kier alpha value is -1.14. The number of carboxylic acid groups (broad SMARTS) is 1. The molecule has 6 nitrogen and oxygen atoms in total. The fourth-order valence-electron chi connectivity index (χ4n) is 1.31. The number of nitrogens with two attached hydrogens (primary N) is 1. The van der Waals surface area contributed by atoms with Crippen molar-refractivity contribution in [1.29, 1.82) is 0 Å². The predicted octanol–water partition coefficient (Wildman–Crippen LogP) is -0.591. The number of aliphatic carboxylic acids is 1. The Morgan fingerprint density at radius 3 is 2.44 bits per heavy atom. The summed E-state index contributed by atoms with van der Waals surface area (Å²) in [6.45, 7) is 2.55. The minimum absolute atomic E-state index is 0.144. The second-order valence-corrected chi connectivity index (χ2v) is 3.61. The molecular formula is C10H20N2O4. The molecule has 1 unspecified atom stereocenters. The summed E-state index contributed by atoms with van der Waals surface area (Å²) in [7, 11) is 0. The number of amides is 1. The lowest BCUT2D eigenvalue weighted by atomic mass is 10.2. The van der Waals surface area contributed by atoms with Crippen LogP contribution in [0.2, 0.25) is 0 Å². The van der Waals surface area contributed by atoms with Gasteiger partial charge in [-0.1, -0.05) is 13.3 Å². The summed E-state index contributed by atoms with van der Waals surface area (Å²) in [5.41, 5.74) is 5.47. The number of nitrogens with zero attached hydrogens (tertiary/aromatic N) is 1. The van der Waals surface area contributed by atoms with E-state index in [1.165, 1.54) is 4.90 Å². The number of rotatable bonds is 8. The van der Waals surface area contributed by atoms with E-state index in [0.29, 0.717) is 6.54 Å². The number of aliphatic hydroxyl groups excluding tert-OH is 1. The van der Waals surface area contributed by atoms with Gasteiger partial charge in [-0.2, -0.15) is 0 Å². The van der Waals surface area contributed by atoms with Gasteiger partial charge in [0.25, 0.3) is 0 Å². The third-order valence-electron chi connectivity index (χ3n) is 2.17. The minimum atomic E-state index is -1.10. The van der Waals surface area contributed by atoms with Crippen molar-refractivity contribution in [2.45, 2.75) is 32.2 Å². The van der Waals surface area contributed by atoms with Crippen molar-refractivity contribution in [1.82, 2.24) is 4.90 Å². The fourth-order valence-corrected chi connectivity index (χ4v) is 1.31. The van der Waals surface area contributed by atoms with Gasteiger partial charge >= 0.3 is 5.97 Å². The number of carbonyl (C=O) groups excluding carboxylic acids is 1. The first-order valence-electron chi connectivity index (χ1n) is 5.40. The average molecular weight is 232 g/mol. The molecule has 1 amide bonds. The van der Waals surface area contributed by atoms with Gasteiger partial charge in [0, 0.05) is 13.1 Å². The molecule has 4 N–H and O–H groups in total. The topological polar surface area (TPSA) is 104 Å². The maximum atomic E-state index is 11.7. The molecule has 16 heavy (non-hydrogen) atoms. The van der Waals surface area contributed by atoms with Gasteiger partial charge < -0.3 is 20.8 Å². The molecule has 0 rings (SSSR count). The van der Waals surface area contributed by atoms with E-state index in [4.69, 9.17) is 15.9 Å². The van der Waals surface area contributed by atoms with Gasteiger partial charge in [0.15, 0.2) is 0 Å². The first-order valence-corrected chi connectivity index (χ1v) is 5.40. The van der Waals surface area contributed by atoms with E-state index in [0.717, 1.165) is 12.8 Å². The molecule has 0 aliphatic rings. The second kappa shape index (κ2) is 8.06. The Kier molecular flexibility index (Phi) is 7.49. The summed E-state index contributed by atoms with van der Waals surface area (Å²) in [4.78, 5) is 23.5. The first kappa shape index (κ1) is 14.9. The second-order valence-electron chi connectivity index (χ2n) is 3.61. The van der Waals surface area contributed by atoms with Gasteiger partial charge in [-0.15, -0.1) is 0 Å². The minimum Gasteiger partial charge on any atom is -0.481 e. The molecule has 0 heterocycles. The van der Waals surface area contributed by atoms with Crippen molar-refractivity contribution in [2.75, 3.05) is 19.7 Å². The highest BCUT2D eigenvalue weighted by molar-refractivity contribution is 5.85. The quantitative estimate of drug-likeness (QED) is 0.519. The highest BCUT2D eigenvalue weighted by atomic mass is 16.4. The molecule has 0 bridgehead atoms. The average Bonchev–Trinajstić information content (AvgIpc) is 2.22. The lowest BCUT2D eigenvalue weighted by Gasteiger charge is -2.24. The normalized spacial score (nSPS) is 12.2. The van der Waals surface area contributed by atoms with Crippen molar-refractivity contribution in [2.24, 2.45) is 5.73 Å². The zero-order valence-corrected chi connectivity index (χ0v) is 9.56. The smallest absolute Gasteiger partial charge is 0.305 e. The maximum absolute atomic E-state index is 11.7. The lowest BCUT2D eigenvalue weighted by molar-refractivity contribution is -0.142. The zero-order chi connectivity index (χ0) is 12.6. The summed E-state index contributed by atoms with van der Waals surface area (Å²) in [5, 5.41) is 17.3. The van der Waals surface area contributed by atoms with Crippen molar-refractivity contribution in [3.8, 4) is 0 Å². The van der Waals surface area contributed by atoms with Crippen LogP contribution in [0, 0.1) is 0 Å². The number of hydrogen-bond acceptors (Lipinski definition) is 4. The monoisotopic (exact) mass is 232 g/mol. The van der Waals surface area contributed by atoms with Gasteiger partial charge in [-0.25, -0.2) is 0 Å². The summed E-state index contributed by atoms with van der Waals surface area (Å²) in [5.74, 6) is -1.51. The summed E-state index contributed by atoms with van der Waals surface area (Å²) >= 11 is 0. The van der Waals surface area contributed by atoms with Crippen LogP contribution in [0.15, 0.2) is 0 Å². The number of hydrogen-bond donors (Lipinski definition) is 3. The third kappa shape index (κ3) is 5.67. The van der Waals surface area contributed by atoms with Crippen LogP contribution in [0.3, 0.4) is 0 Å². The van der Waals surface area contributed by atoms with Crippen molar-refractivity contribution < 1.29 is 19.8 Å². The highest BCUT2D eigenvalue weighted by Crippen LogP contribution is 2.00. The summed E-state index contributed by atoms with van der Waals surface area (Å²) in [6.07, 6.45) is 1.35. The van der Waals surface area contributed by atoms with Crippen molar-refractivity contribution in [3.63, 3.8) is 0 Å². The van der Waals surface area contributed by atoms with Gasteiger partial charge in [0.2, 0.25) is 5.91 Å². The molecule has 0 saturated heterocycles. The number of unbranched alkanes of at least 4 members (excludes halogenated alkanes) is 1. The van der Waals surface area contributed by atoms with Crippen LogP contribution in [0.25, 0.3) is 0 Å². The Morgan fingerprint density at radius 2 is 2.00 bits per heavy atom. The van der Waals surface area contributed by atoms with Crippen LogP contribution in [-0.2, 0) is 9.59 Å². The third-order valence-corrected chi connectivity index (χ3v) is 2.17. The van der Waals surface area contributed by atoms with Crippen LogP contribution in [0.1, 0.15) is 26.2 Å². The molecular weight excluding hydrogens is 212 g/mol. The van der Waals surface area contributed by atoms with Gasteiger partial charge in [-0.3, -0.25) is 9.59 Å². The molecule has 0 aliphatic carbocycles. The van der Waals surface area contributed by atoms with Crippen LogP contribution in [-0.4, -0.2) is 52.7 Å². The molecule has 0 aliphatic heterocycles. The van der Waals surface area contributed by atoms with Crippen LogP contribution in [0.4, 0.5) is 0 Å². The Labute approximate surface area is 95.0 Å². The molecule has 0 radical (unpaired) electrons. The van der Waals surface area contributed by atoms with Crippen LogP contribution >= 0.6 is 0 Å². The zero-order valence-electron chi connectivity index (χ0n) is 9.56. The Morgan fingerprint density at radius 1 is 1.38 bits per heavy atom. The summed E-state index contributed by atoms with van der Waals surface area (Å²) in [6, 6.07) is -1.03. The summed E-state index contributed by atoms with van der Waals surface area (Å²) < 4.78 is 0. The molecule has 0 saturated carbocycles. The van der Waals surface area contributed by atoms with E-state index in [9.17, 15) is 9.59 Å². The molecule has 1 atom stereocenters. The van der Waals surface area contributed by atoms with E-state index in [-0.39, 0.29) is 19.6 Å². The molecule has 0 aromatic heterocycles. The molecule has 6 heteroatoms. The SMILES string of the molecule is CCCCN(CCO)C(=O)C(N)CC(=O)O. The van der Waals surface area contributed by atoms with Crippen molar-refractivity contribution in [3.05, 3.63) is 0 Å². The molecule has 0 spiro atoms. The predicted molar refractivity (Wildman–Crippen MR) is 58.8 cm³/mol. The largest absolute Gasteiger partial charge is 0.481 e. The van der Waals surface area contributed by atoms with Crippen LogP contribution in [0.5, 0.6) is 0 Å². The van der Waals surface area contributed by atoms with E-state index in [1.807, 2.05) is 6.92 Å². The standard InChI is InChI=1S/C10H20N2O4/c1-2-3-4-12(5-6-13)10(16)8(11)7-9(14)15/h8,13H,2-7,11H2,1H3,(H,14,15). The molecule has 0 aromatic rings. The first-order chi connectivity index (χ1) is 7.52. The Balaban J connectivity index is 4.28. The number of carboxylic acids is 1. The number of carbonyl (C=O) groups is 2. The highest BCUT2D eigenvalue weighted by Gasteiger charge is 2.22. The van der Waals surface area contributed by atoms with E-state index in [2.05, 4.69) is 0 Å². The fraction of sp³-hybridized carbons (Fsp3) is 0.800. The molecule has 94 valence electrons.